The van der Waals surface area contributed by atoms with E-state index in [-0.39, 0.29) is 17.0 Å². The highest BCUT2D eigenvalue weighted by molar-refractivity contribution is 5.96. The molecule has 0 saturated carbocycles. The third-order valence-corrected chi connectivity index (χ3v) is 3.51. The summed E-state index contributed by atoms with van der Waals surface area (Å²) < 4.78 is 5.04. The molecule has 0 spiro atoms. The van der Waals surface area contributed by atoms with Gasteiger partial charge in [-0.1, -0.05) is 0 Å². The number of aliphatic carboxylic acids is 1. The van der Waals surface area contributed by atoms with E-state index >= 15 is 0 Å². The molecule has 2 N–H and O–H groups in total. The monoisotopic (exact) mass is 310 g/mol. The Balaban J connectivity index is 3.11. The first-order chi connectivity index (χ1) is 10.2. The van der Waals surface area contributed by atoms with Crippen molar-refractivity contribution >= 4 is 17.6 Å². The molecule has 1 aromatic rings. The zero-order chi connectivity index (χ0) is 17.0. The Labute approximate surface area is 127 Å². The van der Waals surface area contributed by atoms with Crippen LogP contribution in [0.3, 0.4) is 0 Å². The lowest BCUT2D eigenvalue weighted by Gasteiger charge is -2.18. The van der Waals surface area contributed by atoms with Crippen LogP contribution >= 0.6 is 0 Å². The Morgan fingerprint density at radius 2 is 1.95 bits per heavy atom. The molecule has 0 aliphatic heterocycles. The summed E-state index contributed by atoms with van der Waals surface area (Å²) in [5.74, 6) is -2.20. The molecule has 2 unspecified atom stereocenters. The number of nitro benzene ring substituents is 1. The number of methoxy groups -OCH3 is 1. The van der Waals surface area contributed by atoms with Crippen LogP contribution in [-0.2, 0) is 4.79 Å². The van der Waals surface area contributed by atoms with Crippen LogP contribution in [0.2, 0.25) is 0 Å². The Morgan fingerprint density at radius 1 is 1.36 bits per heavy atom. The summed E-state index contributed by atoms with van der Waals surface area (Å²) in [4.78, 5) is 33.5. The van der Waals surface area contributed by atoms with E-state index in [0.717, 1.165) is 6.07 Å². The number of nitrogens with zero attached hydrogens (tertiary/aromatic N) is 1. The van der Waals surface area contributed by atoms with Gasteiger partial charge in [-0.2, -0.15) is 0 Å². The van der Waals surface area contributed by atoms with E-state index < -0.39 is 28.8 Å². The van der Waals surface area contributed by atoms with Crippen LogP contribution in [0.1, 0.15) is 29.8 Å². The van der Waals surface area contributed by atoms with Gasteiger partial charge in [0.1, 0.15) is 5.75 Å². The van der Waals surface area contributed by atoms with E-state index in [4.69, 9.17) is 9.84 Å². The lowest BCUT2D eigenvalue weighted by Crippen LogP contribution is -2.40. The molecule has 0 heterocycles. The van der Waals surface area contributed by atoms with Crippen LogP contribution < -0.4 is 10.1 Å². The minimum atomic E-state index is -1.04. The molecule has 120 valence electrons. The normalized spacial score (nSPS) is 13.1. The van der Waals surface area contributed by atoms with Crippen LogP contribution in [0.25, 0.3) is 0 Å². The van der Waals surface area contributed by atoms with Crippen molar-refractivity contribution in [1.29, 1.82) is 0 Å². The number of carbonyl (C=O) groups is 2. The van der Waals surface area contributed by atoms with Crippen molar-refractivity contribution in [1.82, 2.24) is 5.32 Å². The predicted molar refractivity (Wildman–Crippen MR) is 78.1 cm³/mol. The number of carboxylic acid groups (broad SMARTS) is 1. The zero-order valence-electron chi connectivity index (χ0n) is 12.7. The molecule has 0 aliphatic carbocycles. The fourth-order valence-corrected chi connectivity index (χ4v) is 1.83. The molecule has 0 radical (unpaired) electrons. The van der Waals surface area contributed by atoms with E-state index in [2.05, 4.69) is 5.32 Å². The average Bonchev–Trinajstić information content (AvgIpc) is 2.45. The summed E-state index contributed by atoms with van der Waals surface area (Å²) in [5.41, 5.74) is 0.123. The van der Waals surface area contributed by atoms with Crippen molar-refractivity contribution in [3.05, 3.63) is 33.4 Å². The lowest BCUT2D eigenvalue weighted by molar-refractivity contribution is -0.385. The molecular formula is C14H18N2O6. The summed E-state index contributed by atoms with van der Waals surface area (Å²) in [7, 11) is 1.35. The second-order valence-electron chi connectivity index (χ2n) is 4.97. The van der Waals surface area contributed by atoms with E-state index in [1.54, 1.807) is 6.92 Å². The van der Waals surface area contributed by atoms with Crippen molar-refractivity contribution in [2.75, 3.05) is 7.11 Å². The van der Waals surface area contributed by atoms with Gasteiger partial charge in [0.25, 0.3) is 11.6 Å². The van der Waals surface area contributed by atoms with Crippen molar-refractivity contribution in [2.45, 2.75) is 26.8 Å². The van der Waals surface area contributed by atoms with Crippen LogP contribution in [0.15, 0.2) is 12.1 Å². The highest BCUT2D eigenvalue weighted by atomic mass is 16.6. The maximum Gasteiger partial charge on any atom is 0.308 e. The standard InChI is InChI=1S/C14H18N2O6/c1-7(14(18)19)9(3)15-13(17)10-5-11(16(20)21)8(2)12(6-10)22-4/h5-7,9H,1-4H3,(H,15,17)(H,18,19). The largest absolute Gasteiger partial charge is 0.496 e. The number of nitro groups is 1. The average molecular weight is 310 g/mol. The van der Waals surface area contributed by atoms with Gasteiger partial charge in [0.2, 0.25) is 0 Å². The number of benzene rings is 1. The number of amides is 1. The first kappa shape index (κ1) is 17.4. The molecule has 0 bridgehead atoms. The second kappa shape index (κ2) is 6.88. The highest BCUT2D eigenvalue weighted by Gasteiger charge is 2.24. The maximum absolute atomic E-state index is 12.2. The fraction of sp³-hybridized carbons (Fsp3) is 0.429. The van der Waals surface area contributed by atoms with Gasteiger partial charge in [-0.15, -0.1) is 0 Å². The Morgan fingerprint density at radius 3 is 2.41 bits per heavy atom. The van der Waals surface area contributed by atoms with E-state index in [1.165, 1.54) is 27.0 Å². The van der Waals surface area contributed by atoms with Gasteiger partial charge in [0.05, 0.1) is 23.5 Å². The van der Waals surface area contributed by atoms with Gasteiger partial charge < -0.3 is 15.2 Å². The van der Waals surface area contributed by atoms with Gasteiger partial charge in [-0.25, -0.2) is 0 Å². The van der Waals surface area contributed by atoms with Gasteiger partial charge in [-0.05, 0) is 26.8 Å². The minimum Gasteiger partial charge on any atom is -0.496 e. The number of rotatable bonds is 6. The lowest BCUT2D eigenvalue weighted by atomic mass is 10.0. The van der Waals surface area contributed by atoms with Crippen molar-refractivity contribution in [3.63, 3.8) is 0 Å². The molecule has 0 saturated heterocycles. The van der Waals surface area contributed by atoms with Gasteiger partial charge in [-0.3, -0.25) is 19.7 Å². The van der Waals surface area contributed by atoms with Crippen LogP contribution in [0, 0.1) is 23.0 Å². The number of ether oxygens (including phenoxy) is 1. The highest BCUT2D eigenvalue weighted by Crippen LogP contribution is 2.29. The Kier molecular flexibility index (Phi) is 5.44. The molecule has 22 heavy (non-hydrogen) atoms. The zero-order valence-corrected chi connectivity index (χ0v) is 12.7. The smallest absolute Gasteiger partial charge is 0.308 e. The quantitative estimate of drug-likeness (QED) is 0.610. The SMILES string of the molecule is COc1cc(C(=O)NC(C)C(C)C(=O)O)cc([N+](=O)[O-])c1C. The number of hydrogen-bond acceptors (Lipinski definition) is 5. The second-order valence-corrected chi connectivity index (χ2v) is 4.97. The predicted octanol–water partition coefficient (Wildman–Crippen LogP) is 1.75. The molecule has 1 amide bonds. The molecule has 0 aromatic heterocycles. The van der Waals surface area contributed by atoms with Gasteiger partial charge in [0, 0.05) is 17.7 Å². The molecule has 1 rings (SSSR count). The number of nitrogens with one attached hydrogen (secondary N) is 1. The summed E-state index contributed by atoms with van der Waals surface area (Å²) >= 11 is 0. The molecule has 0 fully saturated rings. The van der Waals surface area contributed by atoms with E-state index in [1.807, 2.05) is 0 Å². The third kappa shape index (κ3) is 3.72. The van der Waals surface area contributed by atoms with Crippen molar-refractivity contribution in [3.8, 4) is 5.75 Å². The van der Waals surface area contributed by atoms with Crippen LogP contribution in [0.5, 0.6) is 5.75 Å². The summed E-state index contributed by atoms with van der Waals surface area (Å²) in [6.07, 6.45) is 0. The number of carboxylic acids is 1. The molecular weight excluding hydrogens is 292 g/mol. The van der Waals surface area contributed by atoms with Gasteiger partial charge in [0.15, 0.2) is 0 Å². The van der Waals surface area contributed by atoms with Crippen molar-refractivity contribution in [2.24, 2.45) is 5.92 Å². The van der Waals surface area contributed by atoms with Crippen LogP contribution in [-0.4, -0.2) is 35.1 Å². The Hall–Kier alpha value is -2.64. The molecule has 1 aromatic carbocycles. The first-order valence-electron chi connectivity index (χ1n) is 6.55. The topological polar surface area (TPSA) is 119 Å². The minimum absolute atomic E-state index is 0.0404. The fourth-order valence-electron chi connectivity index (χ4n) is 1.83. The number of carbonyl (C=O) groups excluding carboxylic acids is 1. The van der Waals surface area contributed by atoms with Crippen molar-refractivity contribution < 1.29 is 24.4 Å². The third-order valence-electron chi connectivity index (χ3n) is 3.51. The molecule has 8 heteroatoms. The summed E-state index contributed by atoms with van der Waals surface area (Å²) in [5, 5.41) is 22.5. The maximum atomic E-state index is 12.2. The summed E-state index contributed by atoms with van der Waals surface area (Å²) in [6.45, 7) is 4.54. The molecule has 8 nitrogen and oxygen atoms in total. The first-order valence-corrected chi connectivity index (χ1v) is 6.55. The van der Waals surface area contributed by atoms with Gasteiger partial charge >= 0.3 is 5.97 Å². The number of hydrogen-bond donors (Lipinski definition) is 2. The van der Waals surface area contributed by atoms with E-state index in [9.17, 15) is 19.7 Å². The van der Waals surface area contributed by atoms with Crippen LogP contribution in [0.4, 0.5) is 5.69 Å². The summed E-state index contributed by atoms with van der Waals surface area (Å²) in [6, 6.07) is 1.90. The molecule has 0 aliphatic rings. The van der Waals surface area contributed by atoms with E-state index in [0.29, 0.717) is 5.56 Å². The molecule has 2 atom stereocenters. The Bertz CT molecular complexity index is 614.